The molecule has 0 spiro atoms. The predicted octanol–water partition coefficient (Wildman–Crippen LogP) is 4.85. The summed E-state index contributed by atoms with van der Waals surface area (Å²) in [5, 5.41) is 2.59. The number of anilines is 1. The Morgan fingerprint density at radius 2 is 1.70 bits per heavy atom. The summed E-state index contributed by atoms with van der Waals surface area (Å²) < 4.78 is 71.1. The van der Waals surface area contributed by atoms with Gasteiger partial charge in [0.05, 0.1) is 15.5 Å². The van der Waals surface area contributed by atoms with Crippen LogP contribution in [0.15, 0.2) is 77.7 Å². The van der Waals surface area contributed by atoms with E-state index in [1.165, 1.54) is 18.2 Å². The molecule has 33 heavy (non-hydrogen) atoms. The summed E-state index contributed by atoms with van der Waals surface area (Å²) in [6.45, 7) is -0.0315. The van der Waals surface area contributed by atoms with E-state index in [0.29, 0.717) is 12.6 Å². The first kappa shape index (κ1) is 24.4. The Kier molecular flexibility index (Phi) is 7.50. The van der Waals surface area contributed by atoms with E-state index in [1.54, 1.807) is 0 Å². The summed E-state index contributed by atoms with van der Waals surface area (Å²) in [4.78, 5) is 11.7. The number of ether oxygens (including phenoxy) is 1. The number of halogens is 4. The highest BCUT2D eigenvalue weighted by molar-refractivity contribution is 7.92. The Bertz CT molecular complexity index is 1240. The van der Waals surface area contributed by atoms with Crippen LogP contribution in [0.2, 0.25) is 5.02 Å². The molecule has 174 valence electrons. The predicted molar refractivity (Wildman–Crippen MR) is 117 cm³/mol. The molecule has 1 amide bonds. The summed E-state index contributed by atoms with van der Waals surface area (Å²) in [7, 11) is -4.22. The third-order valence-corrected chi connectivity index (χ3v) is 6.02. The zero-order valence-corrected chi connectivity index (χ0v) is 18.5. The van der Waals surface area contributed by atoms with E-state index in [-0.39, 0.29) is 28.0 Å². The Hall–Kier alpha value is -3.24. The minimum absolute atomic E-state index is 0.0737. The van der Waals surface area contributed by atoms with Gasteiger partial charge in [-0.25, -0.2) is 8.42 Å². The molecule has 0 heterocycles. The quantitative estimate of drug-likeness (QED) is 0.465. The summed E-state index contributed by atoms with van der Waals surface area (Å²) >= 11 is 6.08. The van der Waals surface area contributed by atoms with E-state index in [1.807, 2.05) is 30.3 Å². The highest BCUT2D eigenvalue weighted by Crippen LogP contribution is 2.32. The van der Waals surface area contributed by atoms with Crippen LogP contribution in [0.25, 0.3) is 0 Å². The molecular weight excluding hydrogens is 481 g/mol. The van der Waals surface area contributed by atoms with Crippen LogP contribution in [0.3, 0.4) is 0 Å². The van der Waals surface area contributed by atoms with Gasteiger partial charge in [-0.1, -0.05) is 48.0 Å². The van der Waals surface area contributed by atoms with E-state index in [4.69, 9.17) is 16.3 Å². The molecular formula is C22H18ClF3N2O4S. The number of alkyl halides is 3. The number of amides is 1. The van der Waals surface area contributed by atoms with Gasteiger partial charge in [-0.2, -0.15) is 13.2 Å². The molecule has 3 aromatic carbocycles. The number of carbonyl (C=O) groups is 1. The summed E-state index contributed by atoms with van der Waals surface area (Å²) in [5.41, 5.74) is -0.335. The Labute approximate surface area is 193 Å². The normalized spacial score (nSPS) is 11.6. The molecule has 3 rings (SSSR count). The van der Waals surface area contributed by atoms with Gasteiger partial charge in [0.1, 0.15) is 5.75 Å². The van der Waals surface area contributed by atoms with Gasteiger partial charge in [0.25, 0.3) is 15.9 Å². The number of hydrogen-bond acceptors (Lipinski definition) is 4. The lowest BCUT2D eigenvalue weighted by Crippen LogP contribution is -2.28. The summed E-state index contributed by atoms with van der Waals surface area (Å²) in [6.07, 6.45) is -4.61. The average molecular weight is 499 g/mol. The molecule has 0 unspecified atom stereocenters. The van der Waals surface area contributed by atoms with E-state index in [0.717, 1.165) is 23.8 Å². The fourth-order valence-electron chi connectivity index (χ4n) is 2.73. The highest BCUT2D eigenvalue weighted by atomic mass is 35.5. The van der Waals surface area contributed by atoms with Gasteiger partial charge in [0, 0.05) is 12.2 Å². The standard InChI is InChI=1S/C22H18ClF3N2O4S/c23-19-12-18(33(30,31)28-17-8-4-7-16(11-17)22(24,25)26)9-10-20(19)32-14-21(29)27-13-15-5-2-1-3-6-15/h1-12,28H,13-14H2,(H,27,29). The van der Waals surface area contributed by atoms with Crippen molar-refractivity contribution in [2.45, 2.75) is 17.6 Å². The van der Waals surface area contributed by atoms with Crippen LogP contribution in [-0.4, -0.2) is 20.9 Å². The van der Waals surface area contributed by atoms with Crippen LogP contribution in [0.5, 0.6) is 5.75 Å². The van der Waals surface area contributed by atoms with Crippen molar-refractivity contribution in [1.29, 1.82) is 0 Å². The summed E-state index contributed by atoms with van der Waals surface area (Å²) in [6, 6.07) is 16.5. The maximum atomic E-state index is 12.8. The van der Waals surface area contributed by atoms with Gasteiger partial charge in [-0.3, -0.25) is 9.52 Å². The van der Waals surface area contributed by atoms with Crippen molar-refractivity contribution in [1.82, 2.24) is 5.32 Å². The minimum atomic E-state index is -4.61. The van der Waals surface area contributed by atoms with Crippen LogP contribution < -0.4 is 14.8 Å². The largest absolute Gasteiger partial charge is 0.482 e. The fourth-order valence-corrected chi connectivity index (χ4v) is 4.10. The van der Waals surface area contributed by atoms with E-state index in [2.05, 4.69) is 10.0 Å². The molecule has 6 nitrogen and oxygen atoms in total. The van der Waals surface area contributed by atoms with Crippen LogP contribution >= 0.6 is 11.6 Å². The van der Waals surface area contributed by atoms with Gasteiger partial charge in [-0.15, -0.1) is 0 Å². The Morgan fingerprint density at radius 1 is 0.970 bits per heavy atom. The molecule has 0 saturated carbocycles. The molecule has 0 aliphatic heterocycles. The maximum Gasteiger partial charge on any atom is 0.416 e. The number of carbonyl (C=O) groups excluding carboxylic acids is 1. The van der Waals surface area contributed by atoms with Crippen molar-refractivity contribution >= 4 is 33.2 Å². The van der Waals surface area contributed by atoms with Crippen molar-refractivity contribution in [2.75, 3.05) is 11.3 Å². The third-order valence-electron chi connectivity index (χ3n) is 4.35. The van der Waals surface area contributed by atoms with Crippen molar-refractivity contribution < 1.29 is 31.1 Å². The highest BCUT2D eigenvalue weighted by Gasteiger charge is 2.30. The first-order valence-corrected chi connectivity index (χ1v) is 11.3. The van der Waals surface area contributed by atoms with Crippen LogP contribution in [-0.2, 0) is 27.5 Å². The van der Waals surface area contributed by atoms with E-state index < -0.39 is 27.7 Å². The zero-order valence-electron chi connectivity index (χ0n) is 16.9. The molecule has 0 aliphatic carbocycles. The number of rotatable bonds is 8. The van der Waals surface area contributed by atoms with Crippen molar-refractivity contribution in [2.24, 2.45) is 0 Å². The molecule has 0 saturated heterocycles. The molecule has 3 aromatic rings. The molecule has 0 aromatic heterocycles. The van der Waals surface area contributed by atoms with Crippen LogP contribution in [0.1, 0.15) is 11.1 Å². The molecule has 0 radical (unpaired) electrons. The van der Waals surface area contributed by atoms with E-state index in [9.17, 15) is 26.4 Å². The Balaban J connectivity index is 1.62. The number of hydrogen-bond donors (Lipinski definition) is 2. The number of sulfonamides is 1. The van der Waals surface area contributed by atoms with Gasteiger partial charge < -0.3 is 10.1 Å². The molecule has 0 fully saturated rings. The van der Waals surface area contributed by atoms with Gasteiger partial charge in [-0.05, 0) is 42.0 Å². The van der Waals surface area contributed by atoms with Crippen LogP contribution in [0.4, 0.5) is 18.9 Å². The maximum absolute atomic E-state index is 12.8. The van der Waals surface area contributed by atoms with Gasteiger partial charge in [0.15, 0.2) is 6.61 Å². The molecule has 11 heteroatoms. The Morgan fingerprint density at radius 3 is 2.36 bits per heavy atom. The summed E-state index contributed by atoms with van der Waals surface area (Å²) in [5.74, 6) is -0.331. The smallest absolute Gasteiger partial charge is 0.416 e. The topological polar surface area (TPSA) is 84.5 Å². The zero-order chi connectivity index (χ0) is 24.1. The third kappa shape index (κ3) is 6.87. The van der Waals surface area contributed by atoms with Crippen molar-refractivity contribution in [3.63, 3.8) is 0 Å². The van der Waals surface area contributed by atoms with Crippen molar-refractivity contribution in [3.8, 4) is 5.75 Å². The lowest BCUT2D eigenvalue weighted by Gasteiger charge is -2.13. The second-order valence-electron chi connectivity index (χ2n) is 6.83. The second kappa shape index (κ2) is 10.1. The lowest BCUT2D eigenvalue weighted by molar-refractivity contribution is -0.137. The first-order valence-electron chi connectivity index (χ1n) is 9.48. The van der Waals surface area contributed by atoms with Crippen molar-refractivity contribution in [3.05, 3.63) is 88.9 Å². The molecule has 0 atom stereocenters. The van der Waals surface area contributed by atoms with Crippen LogP contribution in [0, 0.1) is 0 Å². The van der Waals surface area contributed by atoms with Gasteiger partial charge in [0.2, 0.25) is 0 Å². The minimum Gasteiger partial charge on any atom is -0.482 e. The number of benzene rings is 3. The van der Waals surface area contributed by atoms with Gasteiger partial charge >= 0.3 is 6.18 Å². The molecule has 0 bridgehead atoms. The number of nitrogens with one attached hydrogen (secondary N) is 2. The lowest BCUT2D eigenvalue weighted by atomic mass is 10.2. The monoisotopic (exact) mass is 498 g/mol. The second-order valence-corrected chi connectivity index (χ2v) is 8.92. The molecule has 2 N–H and O–H groups in total. The fraction of sp³-hybridized carbons (Fsp3) is 0.136. The SMILES string of the molecule is O=C(COc1ccc(S(=O)(=O)Nc2cccc(C(F)(F)F)c2)cc1Cl)NCc1ccccc1. The first-order chi connectivity index (χ1) is 15.5. The average Bonchev–Trinajstić information content (AvgIpc) is 2.77. The molecule has 0 aliphatic rings. The van der Waals surface area contributed by atoms with E-state index >= 15 is 0 Å².